The van der Waals surface area contributed by atoms with Gasteiger partial charge in [0.2, 0.25) is 0 Å². The van der Waals surface area contributed by atoms with Crippen molar-refractivity contribution in [1.82, 2.24) is 19.8 Å². The maximum absolute atomic E-state index is 5.32. The number of nitrogens with zero attached hydrogens (tertiary/aromatic N) is 3. The van der Waals surface area contributed by atoms with Crippen LogP contribution >= 0.6 is 0 Å². The molecule has 9 aromatic rings. The maximum atomic E-state index is 5.32. The Kier molecular flexibility index (Phi) is 6.86. The van der Waals surface area contributed by atoms with Crippen LogP contribution in [-0.4, -0.2) is 15.0 Å². The molecular weight excluding hydrogens is 623 g/mol. The lowest BCUT2D eigenvalue weighted by molar-refractivity contribution is 0.341. The second kappa shape index (κ2) is 11.9. The smallest absolute Gasteiger partial charge is 0.184 e. The molecule has 0 radical (unpaired) electrons. The van der Waals surface area contributed by atoms with Gasteiger partial charge in [-0.25, -0.2) is 4.99 Å². The number of aliphatic imine (C=N–C) groups is 1. The first-order chi connectivity index (χ1) is 25.2. The fourth-order valence-electron chi connectivity index (χ4n) is 7.85. The van der Waals surface area contributed by atoms with Gasteiger partial charge in [0, 0.05) is 32.8 Å². The van der Waals surface area contributed by atoms with Crippen LogP contribution in [0.25, 0.3) is 60.4 Å². The fraction of sp³-hybridized carbons (Fsp3) is 0.0652. The molecule has 0 saturated heterocycles. The molecule has 2 aromatic heterocycles. The third kappa shape index (κ3) is 4.93. The van der Waals surface area contributed by atoms with Crippen molar-refractivity contribution >= 4 is 49.4 Å². The molecule has 5 heteroatoms. The lowest BCUT2D eigenvalue weighted by atomic mass is 10.0. The van der Waals surface area contributed by atoms with Crippen molar-refractivity contribution in [2.24, 2.45) is 4.99 Å². The second-order valence-corrected chi connectivity index (χ2v) is 13.4. The van der Waals surface area contributed by atoms with Crippen LogP contribution in [0.5, 0.6) is 0 Å². The van der Waals surface area contributed by atoms with E-state index in [1.54, 1.807) is 0 Å². The first-order valence-electron chi connectivity index (χ1n) is 17.5. The van der Waals surface area contributed by atoms with Gasteiger partial charge in [-0.05, 0) is 78.2 Å². The average Bonchev–Trinajstić information content (AvgIpc) is 3.70. The predicted octanol–water partition coefficient (Wildman–Crippen LogP) is 10.7. The topological polar surface area (TPSA) is 46.3 Å². The van der Waals surface area contributed by atoms with Gasteiger partial charge in [0.1, 0.15) is 12.0 Å². The molecule has 0 spiro atoms. The van der Waals surface area contributed by atoms with Crippen LogP contribution in [-0.2, 0) is 0 Å². The minimum atomic E-state index is -0.333. The number of benzene rings is 7. The van der Waals surface area contributed by atoms with Gasteiger partial charge in [-0.15, -0.1) is 0 Å². The average molecular weight is 658 g/mol. The van der Waals surface area contributed by atoms with Gasteiger partial charge >= 0.3 is 0 Å². The second-order valence-electron chi connectivity index (χ2n) is 13.4. The van der Waals surface area contributed by atoms with Crippen LogP contribution in [0.1, 0.15) is 29.1 Å². The van der Waals surface area contributed by atoms with Crippen LogP contribution < -0.4 is 10.6 Å². The highest BCUT2D eigenvalue weighted by molar-refractivity contribution is 6.12. The van der Waals surface area contributed by atoms with E-state index in [0.29, 0.717) is 0 Å². The summed E-state index contributed by atoms with van der Waals surface area (Å²) in [5.74, 6) is 0.870. The third-order valence-electron chi connectivity index (χ3n) is 10.3. The van der Waals surface area contributed by atoms with E-state index in [-0.39, 0.29) is 12.5 Å². The molecule has 2 unspecified atom stereocenters. The molecule has 10 rings (SSSR count). The monoisotopic (exact) mass is 657 g/mol. The number of hydrogen-bond donors (Lipinski definition) is 2. The highest BCUT2D eigenvalue weighted by Gasteiger charge is 2.28. The van der Waals surface area contributed by atoms with Crippen LogP contribution in [0.3, 0.4) is 0 Å². The van der Waals surface area contributed by atoms with E-state index in [1.807, 2.05) is 6.07 Å². The molecule has 51 heavy (non-hydrogen) atoms. The van der Waals surface area contributed by atoms with Crippen LogP contribution in [0, 0.1) is 6.92 Å². The van der Waals surface area contributed by atoms with Crippen LogP contribution in [0.15, 0.2) is 175 Å². The summed E-state index contributed by atoms with van der Waals surface area (Å²) < 4.78 is 4.73. The lowest BCUT2D eigenvalue weighted by Gasteiger charge is -2.33. The van der Waals surface area contributed by atoms with Gasteiger partial charge in [0.05, 0.1) is 22.1 Å². The summed E-state index contributed by atoms with van der Waals surface area (Å²) >= 11 is 0. The van der Waals surface area contributed by atoms with Gasteiger partial charge in [-0.1, -0.05) is 121 Å². The Bertz CT molecular complexity index is 2760. The Morgan fingerprint density at radius 2 is 1.06 bits per heavy atom. The molecule has 0 fully saturated rings. The van der Waals surface area contributed by atoms with Gasteiger partial charge in [0.25, 0.3) is 0 Å². The van der Waals surface area contributed by atoms with Crippen molar-refractivity contribution in [1.29, 1.82) is 0 Å². The molecule has 1 aliphatic heterocycles. The molecule has 1 aliphatic rings. The third-order valence-corrected chi connectivity index (χ3v) is 10.3. The normalized spacial score (nSPS) is 16.1. The molecule has 2 atom stereocenters. The van der Waals surface area contributed by atoms with Gasteiger partial charge in [0.15, 0.2) is 6.29 Å². The summed E-state index contributed by atoms with van der Waals surface area (Å²) in [7, 11) is 0. The molecule has 3 heterocycles. The molecule has 0 amide bonds. The molecule has 2 N–H and O–H groups in total. The zero-order valence-electron chi connectivity index (χ0n) is 28.2. The number of rotatable bonds is 5. The number of nitrogens with one attached hydrogen (secondary N) is 2. The lowest BCUT2D eigenvalue weighted by Crippen LogP contribution is -2.46. The van der Waals surface area contributed by atoms with Gasteiger partial charge in [-0.3, -0.25) is 5.32 Å². The first-order valence-corrected chi connectivity index (χ1v) is 17.5. The zero-order chi connectivity index (χ0) is 33.9. The highest BCUT2D eigenvalue weighted by Crippen LogP contribution is 2.39. The Morgan fingerprint density at radius 3 is 1.80 bits per heavy atom. The van der Waals surface area contributed by atoms with E-state index in [2.05, 4.69) is 190 Å². The fourth-order valence-corrected chi connectivity index (χ4v) is 7.85. The Morgan fingerprint density at radius 1 is 0.490 bits per heavy atom. The summed E-state index contributed by atoms with van der Waals surface area (Å²) in [6, 6.07) is 60.9. The molecular formula is C46H35N5. The number of aryl methyl sites for hydroxylation is 1. The number of para-hydroxylation sites is 2. The molecule has 0 bridgehead atoms. The summed E-state index contributed by atoms with van der Waals surface area (Å²) in [6.07, 6.45) is -0.452. The van der Waals surface area contributed by atoms with E-state index in [1.165, 1.54) is 55.0 Å². The summed E-state index contributed by atoms with van der Waals surface area (Å²) in [5, 5.41) is 12.4. The van der Waals surface area contributed by atoms with Gasteiger partial charge in [-0.2, -0.15) is 0 Å². The molecule has 5 nitrogen and oxygen atoms in total. The minimum absolute atomic E-state index is 0.120. The molecule has 0 aliphatic carbocycles. The molecule has 244 valence electrons. The van der Waals surface area contributed by atoms with E-state index in [0.717, 1.165) is 28.0 Å². The van der Waals surface area contributed by atoms with Crippen LogP contribution in [0.4, 0.5) is 0 Å². The Labute approximate surface area is 296 Å². The van der Waals surface area contributed by atoms with Crippen molar-refractivity contribution in [2.75, 3.05) is 0 Å². The quantitative estimate of drug-likeness (QED) is 0.193. The Hall–Kier alpha value is -6.43. The number of fused-ring (bicyclic) bond motifs is 6. The Balaban J connectivity index is 1.14. The van der Waals surface area contributed by atoms with Crippen molar-refractivity contribution in [3.63, 3.8) is 0 Å². The SMILES string of the molecule is Cc1ccc2c(c1)c1cc(-c3ccc4c(c3)c3ccccc3n4-c3ccccc3)ccc1n2C1N=C(c2ccccc2)NC(c2ccccc2)N1. The highest BCUT2D eigenvalue weighted by atomic mass is 15.4. The number of hydrogen-bond acceptors (Lipinski definition) is 3. The number of aromatic nitrogens is 2. The first kappa shape index (κ1) is 29.5. The van der Waals surface area contributed by atoms with Crippen molar-refractivity contribution in [2.45, 2.75) is 19.4 Å². The largest absolute Gasteiger partial charge is 0.350 e. The maximum Gasteiger partial charge on any atom is 0.184 e. The molecule has 7 aromatic carbocycles. The van der Waals surface area contributed by atoms with Gasteiger partial charge < -0.3 is 14.5 Å². The van der Waals surface area contributed by atoms with Crippen molar-refractivity contribution in [3.05, 3.63) is 187 Å². The van der Waals surface area contributed by atoms with E-state index in [4.69, 9.17) is 4.99 Å². The standard InChI is InChI=1S/C46H35N5/c1-30-21-24-42-37(27-30)39-29-34(33-22-25-41-38(28-33)36-19-11-12-20-40(36)50(41)35-17-9-4-10-18-35)23-26-43(39)51(42)46-48-44(31-13-5-2-6-14-31)47-45(49-46)32-15-7-3-8-16-32/h2-29,44,46,48H,1H3,(H,47,49). The predicted molar refractivity (Wildman–Crippen MR) is 211 cm³/mol. The van der Waals surface area contributed by atoms with Crippen LogP contribution in [0.2, 0.25) is 0 Å². The molecule has 0 saturated carbocycles. The number of amidine groups is 1. The van der Waals surface area contributed by atoms with Crippen molar-refractivity contribution < 1.29 is 0 Å². The minimum Gasteiger partial charge on any atom is -0.350 e. The summed E-state index contributed by atoms with van der Waals surface area (Å²) in [4.78, 5) is 5.32. The summed E-state index contributed by atoms with van der Waals surface area (Å²) in [5.41, 5.74) is 11.7. The van der Waals surface area contributed by atoms with E-state index >= 15 is 0 Å². The van der Waals surface area contributed by atoms with E-state index < -0.39 is 0 Å². The van der Waals surface area contributed by atoms with Crippen molar-refractivity contribution in [3.8, 4) is 16.8 Å². The zero-order valence-corrected chi connectivity index (χ0v) is 28.2. The van der Waals surface area contributed by atoms with E-state index in [9.17, 15) is 0 Å². The summed E-state index contributed by atoms with van der Waals surface area (Å²) in [6.45, 7) is 2.17.